The van der Waals surface area contributed by atoms with E-state index in [1.54, 1.807) is 6.92 Å². The van der Waals surface area contributed by atoms with E-state index in [1.165, 1.54) is 17.8 Å². The summed E-state index contributed by atoms with van der Waals surface area (Å²) in [5.74, 6) is -0.147. The van der Waals surface area contributed by atoms with Crippen molar-refractivity contribution in [3.63, 3.8) is 0 Å². The summed E-state index contributed by atoms with van der Waals surface area (Å²) in [5.41, 5.74) is 0.0701. The average molecular weight is 318 g/mol. The Kier molecular flexibility index (Phi) is 3.75. The summed E-state index contributed by atoms with van der Waals surface area (Å²) in [6.07, 6.45) is -5.14. The maximum atomic E-state index is 12.8. The fraction of sp³-hybridized carbons (Fsp3) is 0.500. The number of halogens is 3. The lowest BCUT2D eigenvalue weighted by atomic mass is 10.1. The molecule has 1 aromatic rings. The Bertz CT molecular complexity index is 573. The average Bonchev–Trinajstić information content (AvgIpc) is 2.83. The third kappa shape index (κ3) is 2.95. The number of ether oxygens (including phenoxy) is 2. The second-order valence-corrected chi connectivity index (χ2v) is 6.43. The van der Waals surface area contributed by atoms with Gasteiger partial charge in [-0.3, -0.25) is 4.79 Å². The second-order valence-electron chi connectivity index (χ2n) is 5.14. The fourth-order valence-electron chi connectivity index (χ4n) is 2.39. The van der Waals surface area contributed by atoms with E-state index in [0.717, 1.165) is 17.7 Å². The zero-order valence-corrected chi connectivity index (χ0v) is 12.0. The number of carbonyl (C=O) groups is 1. The van der Waals surface area contributed by atoms with Crippen LogP contribution in [-0.4, -0.2) is 30.0 Å². The Morgan fingerprint density at radius 3 is 2.81 bits per heavy atom. The molecule has 0 amide bonds. The molecule has 21 heavy (non-hydrogen) atoms. The number of fused-ring (bicyclic) bond motifs is 2. The highest BCUT2D eigenvalue weighted by molar-refractivity contribution is 8.00. The molecule has 0 saturated carbocycles. The Morgan fingerprint density at radius 2 is 2.10 bits per heavy atom. The summed E-state index contributed by atoms with van der Waals surface area (Å²) < 4.78 is 49.0. The summed E-state index contributed by atoms with van der Waals surface area (Å²) in [6.45, 7) is 2.06. The lowest BCUT2D eigenvalue weighted by molar-refractivity contribution is -0.151. The highest BCUT2D eigenvalue weighted by Gasteiger charge is 2.43. The van der Waals surface area contributed by atoms with Crippen LogP contribution in [0.25, 0.3) is 0 Å². The van der Waals surface area contributed by atoms with Crippen molar-refractivity contribution in [2.24, 2.45) is 0 Å². The highest BCUT2D eigenvalue weighted by atomic mass is 32.2. The van der Waals surface area contributed by atoms with Gasteiger partial charge < -0.3 is 9.47 Å². The molecule has 2 fully saturated rings. The minimum atomic E-state index is -4.37. The van der Waals surface area contributed by atoms with Crippen LogP contribution in [0.4, 0.5) is 13.2 Å². The summed E-state index contributed by atoms with van der Waals surface area (Å²) in [7, 11) is 0. The van der Waals surface area contributed by atoms with Crippen LogP contribution in [0.3, 0.4) is 0 Å². The first-order chi connectivity index (χ1) is 9.84. The highest BCUT2D eigenvalue weighted by Crippen LogP contribution is 2.40. The minimum absolute atomic E-state index is 0.147. The van der Waals surface area contributed by atoms with E-state index in [4.69, 9.17) is 9.47 Å². The lowest BCUT2D eigenvalue weighted by Crippen LogP contribution is -2.37. The topological polar surface area (TPSA) is 35.5 Å². The van der Waals surface area contributed by atoms with Crippen LogP contribution in [0.1, 0.15) is 17.5 Å². The van der Waals surface area contributed by atoms with Gasteiger partial charge in [0.2, 0.25) is 6.29 Å². The Balaban J connectivity index is 1.82. The van der Waals surface area contributed by atoms with Crippen molar-refractivity contribution in [2.75, 3.05) is 6.61 Å². The number of Topliss-reactive ketones (excluding diaryl/α,β-unsaturated/α-hetero) is 1. The molecule has 114 valence electrons. The Labute approximate surface area is 123 Å². The standard InChI is InChI=1S/C14H13F3O3S/c1-7-2-3-8(14(15,16)17)4-11(7)21-12-5-9(18)13-19-6-10(12)20-13/h2-4,10,12-13H,5-6H2,1H3. The van der Waals surface area contributed by atoms with Crippen LogP contribution in [0.15, 0.2) is 23.1 Å². The number of thioether (sulfide) groups is 1. The number of hydrogen-bond acceptors (Lipinski definition) is 4. The molecule has 3 unspecified atom stereocenters. The summed E-state index contributed by atoms with van der Waals surface area (Å²) >= 11 is 1.26. The monoisotopic (exact) mass is 318 g/mol. The molecule has 2 saturated heterocycles. The Hall–Kier alpha value is -1.05. The van der Waals surface area contributed by atoms with Gasteiger partial charge in [0.05, 0.1) is 18.3 Å². The predicted molar refractivity (Wildman–Crippen MR) is 70.1 cm³/mol. The van der Waals surface area contributed by atoms with Crippen molar-refractivity contribution in [2.45, 2.75) is 42.1 Å². The third-order valence-corrected chi connectivity index (χ3v) is 5.05. The molecule has 3 nitrogen and oxygen atoms in total. The van der Waals surface area contributed by atoms with Crippen molar-refractivity contribution < 1.29 is 27.4 Å². The van der Waals surface area contributed by atoms with Gasteiger partial charge in [-0.05, 0) is 24.6 Å². The van der Waals surface area contributed by atoms with Crippen molar-refractivity contribution in [1.29, 1.82) is 0 Å². The number of alkyl halides is 3. The molecule has 3 rings (SSSR count). The molecule has 2 aliphatic heterocycles. The maximum absolute atomic E-state index is 12.8. The van der Waals surface area contributed by atoms with Gasteiger partial charge in [-0.25, -0.2) is 0 Å². The molecule has 0 spiro atoms. The Morgan fingerprint density at radius 1 is 1.33 bits per heavy atom. The number of hydrogen-bond donors (Lipinski definition) is 0. The zero-order valence-electron chi connectivity index (χ0n) is 11.1. The van der Waals surface area contributed by atoms with Crippen LogP contribution in [-0.2, 0) is 20.4 Å². The van der Waals surface area contributed by atoms with Crippen LogP contribution >= 0.6 is 11.8 Å². The van der Waals surface area contributed by atoms with Gasteiger partial charge in [0, 0.05) is 16.6 Å². The van der Waals surface area contributed by atoms with Gasteiger partial charge in [-0.2, -0.15) is 13.2 Å². The SMILES string of the molecule is Cc1ccc(C(F)(F)F)cc1SC1CC(=O)C2OCC1O2. The second kappa shape index (κ2) is 5.30. The summed E-state index contributed by atoms with van der Waals surface area (Å²) in [5, 5.41) is -0.210. The number of rotatable bonds is 2. The molecule has 0 aromatic heterocycles. The molecule has 2 bridgehead atoms. The maximum Gasteiger partial charge on any atom is 0.416 e. The van der Waals surface area contributed by atoms with E-state index >= 15 is 0 Å². The van der Waals surface area contributed by atoms with Crippen LogP contribution in [0.2, 0.25) is 0 Å². The fourth-order valence-corrected chi connectivity index (χ4v) is 3.71. The third-order valence-electron chi connectivity index (χ3n) is 3.58. The van der Waals surface area contributed by atoms with E-state index in [2.05, 4.69) is 0 Å². The molecular weight excluding hydrogens is 305 g/mol. The molecule has 0 aliphatic carbocycles. The number of aryl methyl sites for hydroxylation is 1. The minimum Gasteiger partial charge on any atom is -0.343 e. The zero-order chi connectivity index (χ0) is 15.2. The van der Waals surface area contributed by atoms with Crippen molar-refractivity contribution >= 4 is 17.5 Å². The first-order valence-electron chi connectivity index (χ1n) is 6.49. The van der Waals surface area contributed by atoms with Gasteiger partial charge in [-0.15, -0.1) is 11.8 Å². The van der Waals surface area contributed by atoms with Gasteiger partial charge in [0.25, 0.3) is 0 Å². The molecule has 0 N–H and O–H groups in total. The van der Waals surface area contributed by atoms with E-state index in [-0.39, 0.29) is 23.6 Å². The van der Waals surface area contributed by atoms with Crippen molar-refractivity contribution in [3.05, 3.63) is 29.3 Å². The molecular formula is C14H13F3O3S. The normalized spacial score (nSPS) is 29.0. The predicted octanol–water partition coefficient (Wildman–Crippen LogP) is 3.19. The lowest BCUT2D eigenvalue weighted by Gasteiger charge is -2.26. The summed E-state index contributed by atoms with van der Waals surface area (Å²) in [6, 6.07) is 3.65. The smallest absolute Gasteiger partial charge is 0.343 e. The van der Waals surface area contributed by atoms with Crippen LogP contribution in [0.5, 0.6) is 0 Å². The van der Waals surface area contributed by atoms with E-state index < -0.39 is 18.0 Å². The van der Waals surface area contributed by atoms with Crippen LogP contribution in [0, 0.1) is 6.92 Å². The van der Waals surface area contributed by atoms with E-state index in [9.17, 15) is 18.0 Å². The van der Waals surface area contributed by atoms with Crippen molar-refractivity contribution in [3.8, 4) is 0 Å². The molecule has 1 aromatic carbocycles. The van der Waals surface area contributed by atoms with Crippen molar-refractivity contribution in [1.82, 2.24) is 0 Å². The first-order valence-corrected chi connectivity index (χ1v) is 7.37. The van der Waals surface area contributed by atoms with Gasteiger partial charge in [0.1, 0.15) is 0 Å². The van der Waals surface area contributed by atoms with Gasteiger partial charge in [-0.1, -0.05) is 6.07 Å². The quantitative estimate of drug-likeness (QED) is 0.839. The molecule has 3 atom stereocenters. The summed E-state index contributed by atoms with van der Waals surface area (Å²) in [4.78, 5) is 12.2. The van der Waals surface area contributed by atoms with Gasteiger partial charge in [0.15, 0.2) is 5.78 Å². The first kappa shape index (κ1) is 14.9. The molecule has 0 radical (unpaired) electrons. The number of ketones is 1. The number of benzene rings is 1. The van der Waals surface area contributed by atoms with E-state index in [1.807, 2.05) is 0 Å². The van der Waals surface area contributed by atoms with Gasteiger partial charge >= 0.3 is 6.18 Å². The largest absolute Gasteiger partial charge is 0.416 e. The molecule has 7 heteroatoms. The van der Waals surface area contributed by atoms with Crippen LogP contribution < -0.4 is 0 Å². The van der Waals surface area contributed by atoms with E-state index in [0.29, 0.717) is 11.5 Å². The molecule has 2 aliphatic rings. The molecule has 2 heterocycles. The number of carbonyl (C=O) groups excluding carboxylic acids is 1.